The van der Waals surface area contributed by atoms with E-state index in [0.29, 0.717) is 17.9 Å². The first-order valence-corrected chi connectivity index (χ1v) is 7.74. The van der Waals surface area contributed by atoms with Gasteiger partial charge in [0.25, 0.3) is 0 Å². The SMILES string of the molecule is CCCNC(c1ccc2c(c1)OCC(C)CO2)C(C)C. The van der Waals surface area contributed by atoms with Gasteiger partial charge in [0.1, 0.15) is 0 Å². The van der Waals surface area contributed by atoms with E-state index < -0.39 is 0 Å². The van der Waals surface area contributed by atoms with E-state index in [-0.39, 0.29) is 0 Å². The highest BCUT2D eigenvalue weighted by atomic mass is 16.5. The van der Waals surface area contributed by atoms with Gasteiger partial charge in [0.05, 0.1) is 13.2 Å². The summed E-state index contributed by atoms with van der Waals surface area (Å²) in [6.07, 6.45) is 1.14. The molecule has 0 bridgehead atoms. The Morgan fingerprint density at radius 2 is 1.90 bits per heavy atom. The molecule has 0 amide bonds. The minimum atomic E-state index is 0.365. The van der Waals surface area contributed by atoms with Gasteiger partial charge in [-0.25, -0.2) is 0 Å². The molecule has 1 aliphatic heterocycles. The summed E-state index contributed by atoms with van der Waals surface area (Å²) in [6.45, 7) is 11.3. The summed E-state index contributed by atoms with van der Waals surface area (Å²) in [7, 11) is 0. The first-order chi connectivity index (χ1) is 9.61. The highest BCUT2D eigenvalue weighted by Gasteiger charge is 2.19. The number of fused-ring (bicyclic) bond motifs is 1. The third-order valence-electron chi connectivity index (χ3n) is 3.65. The first kappa shape index (κ1) is 15.2. The zero-order chi connectivity index (χ0) is 14.5. The van der Waals surface area contributed by atoms with E-state index in [4.69, 9.17) is 9.47 Å². The lowest BCUT2D eigenvalue weighted by Gasteiger charge is -2.23. The summed E-state index contributed by atoms with van der Waals surface area (Å²) in [5, 5.41) is 3.62. The monoisotopic (exact) mass is 277 g/mol. The fourth-order valence-electron chi connectivity index (χ4n) is 2.50. The van der Waals surface area contributed by atoms with Crippen LogP contribution in [0.15, 0.2) is 18.2 Å². The molecule has 1 aromatic carbocycles. The van der Waals surface area contributed by atoms with Crippen LogP contribution in [0.2, 0.25) is 0 Å². The van der Waals surface area contributed by atoms with Gasteiger partial charge in [0.2, 0.25) is 0 Å². The fourth-order valence-corrected chi connectivity index (χ4v) is 2.50. The minimum absolute atomic E-state index is 0.365. The lowest BCUT2D eigenvalue weighted by Crippen LogP contribution is -2.26. The summed E-state index contributed by atoms with van der Waals surface area (Å²) in [5.74, 6) is 2.74. The maximum absolute atomic E-state index is 5.88. The van der Waals surface area contributed by atoms with Gasteiger partial charge in [-0.3, -0.25) is 0 Å². The van der Waals surface area contributed by atoms with Crippen molar-refractivity contribution >= 4 is 0 Å². The van der Waals surface area contributed by atoms with Crippen LogP contribution in [0.5, 0.6) is 11.5 Å². The maximum atomic E-state index is 5.88. The Hall–Kier alpha value is -1.22. The quantitative estimate of drug-likeness (QED) is 0.888. The Bertz CT molecular complexity index is 431. The van der Waals surface area contributed by atoms with Crippen LogP contribution in [0.1, 0.15) is 45.7 Å². The molecule has 0 fully saturated rings. The van der Waals surface area contributed by atoms with Crippen LogP contribution in [0.4, 0.5) is 0 Å². The van der Waals surface area contributed by atoms with Crippen molar-refractivity contribution in [3.63, 3.8) is 0 Å². The van der Waals surface area contributed by atoms with Gasteiger partial charge < -0.3 is 14.8 Å². The summed E-state index contributed by atoms with van der Waals surface area (Å²) in [4.78, 5) is 0. The van der Waals surface area contributed by atoms with Crippen molar-refractivity contribution in [2.45, 2.75) is 40.2 Å². The molecule has 3 heteroatoms. The first-order valence-electron chi connectivity index (χ1n) is 7.74. The average molecular weight is 277 g/mol. The molecule has 2 atom stereocenters. The molecular formula is C17H27NO2. The van der Waals surface area contributed by atoms with E-state index in [1.165, 1.54) is 5.56 Å². The van der Waals surface area contributed by atoms with Crippen LogP contribution in [0.3, 0.4) is 0 Å². The average Bonchev–Trinajstić information content (AvgIpc) is 2.61. The molecule has 1 heterocycles. The summed E-state index contributed by atoms with van der Waals surface area (Å²) >= 11 is 0. The molecule has 112 valence electrons. The van der Waals surface area contributed by atoms with Gasteiger partial charge in [-0.15, -0.1) is 0 Å². The van der Waals surface area contributed by atoms with Crippen LogP contribution in [0.25, 0.3) is 0 Å². The van der Waals surface area contributed by atoms with Crippen LogP contribution in [-0.2, 0) is 0 Å². The molecule has 2 rings (SSSR count). The summed E-state index contributed by atoms with van der Waals surface area (Å²) in [5.41, 5.74) is 1.28. The third-order valence-corrected chi connectivity index (χ3v) is 3.65. The second kappa shape index (κ2) is 6.98. The zero-order valence-corrected chi connectivity index (χ0v) is 13.1. The largest absolute Gasteiger partial charge is 0.489 e. The Labute approximate surface area is 122 Å². The van der Waals surface area contributed by atoms with Crippen molar-refractivity contribution < 1.29 is 9.47 Å². The van der Waals surface area contributed by atoms with Crippen molar-refractivity contribution in [3.05, 3.63) is 23.8 Å². The smallest absolute Gasteiger partial charge is 0.161 e. The van der Waals surface area contributed by atoms with Crippen molar-refractivity contribution in [1.82, 2.24) is 5.32 Å². The molecule has 2 unspecified atom stereocenters. The normalized spacial score (nSPS) is 19.8. The predicted octanol–water partition coefficient (Wildman–Crippen LogP) is 3.79. The summed E-state index contributed by atoms with van der Waals surface area (Å²) < 4.78 is 11.7. The third kappa shape index (κ3) is 3.66. The minimum Gasteiger partial charge on any atom is -0.489 e. The number of hydrogen-bond acceptors (Lipinski definition) is 3. The highest BCUT2D eigenvalue weighted by molar-refractivity contribution is 5.44. The number of ether oxygens (including phenoxy) is 2. The second-order valence-electron chi connectivity index (χ2n) is 6.11. The van der Waals surface area contributed by atoms with Gasteiger partial charge in [-0.05, 0) is 36.6 Å². The molecular weight excluding hydrogens is 250 g/mol. The van der Waals surface area contributed by atoms with E-state index in [0.717, 1.165) is 37.7 Å². The lowest BCUT2D eigenvalue weighted by molar-refractivity contribution is 0.228. The van der Waals surface area contributed by atoms with Crippen LogP contribution in [0, 0.1) is 11.8 Å². The number of benzene rings is 1. The molecule has 0 aromatic heterocycles. The topological polar surface area (TPSA) is 30.5 Å². The van der Waals surface area contributed by atoms with Gasteiger partial charge in [0.15, 0.2) is 11.5 Å². The molecule has 20 heavy (non-hydrogen) atoms. The Morgan fingerprint density at radius 3 is 2.55 bits per heavy atom. The molecule has 0 aliphatic carbocycles. The molecule has 1 aliphatic rings. The number of hydrogen-bond donors (Lipinski definition) is 1. The lowest BCUT2D eigenvalue weighted by atomic mass is 9.95. The van der Waals surface area contributed by atoms with E-state index in [2.05, 4.69) is 45.1 Å². The highest BCUT2D eigenvalue weighted by Crippen LogP contribution is 2.34. The molecule has 1 N–H and O–H groups in total. The fraction of sp³-hybridized carbons (Fsp3) is 0.647. The van der Waals surface area contributed by atoms with Crippen molar-refractivity contribution in [2.24, 2.45) is 11.8 Å². The maximum Gasteiger partial charge on any atom is 0.161 e. The number of rotatable bonds is 5. The van der Waals surface area contributed by atoms with Gasteiger partial charge in [-0.1, -0.05) is 33.8 Å². The van der Waals surface area contributed by atoms with Crippen molar-refractivity contribution in [1.29, 1.82) is 0 Å². The molecule has 0 spiro atoms. The predicted molar refractivity (Wildman–Crippen MR) is 82.5 cm³/mol. The van der Waals surface area contributed by atoms with E-state index >= 15 is 0 Å². The Balaban J connectivity index is 2.20. The molecule has 0 radical (unpaired) electrons. The van der Waals surface area contributed by atoms with E-state index in [1.54, 1.807) is 0 Å². The van der Waals surface area contributed by atoms with Crippen molar-refractivity contribution in [2.75, 3.05) is 19.8 Å². The molecule has 0 saturated heterocycles. The number of nitrogens with one attached hydrogen (secondary N) is 1. The van der Waals surface area contributed by atoms with E-state index in [9.17, 15) is 0 Å². The standard InChI is InChI=1S/C17H27NO2/c1-5-8-18-17(12(2)3)14-6-7-15-16(9-14)20-11-13(4)10-19-15/h6-7,9,12-13,17-18H,5,8,10-11H2,1-4H3. The van der Waals surface area contributed by atoms with Gasteiger partial charge in [0, 0.05) is 12.0 Å². The van der Waals surface area contributed by atoms with Crippen LogP contribution < -0.4 is 14.8 Å². The van der Waals surface area contributed by atoms with E-state index in [1.807, 2.05) is 6.07 Å². The Kier molecular flexibility index (Phi) is 5.30. The van der Waals surface area contributed by atoms with Crippen LogP contribution in [-0.4, -0.2) is 19.8 Å². The Morgan fingerprint density at radius 1 is 1.20 bits per heavy atom. The van der Waals surface area contributed by atoms with Crippen LogP contribution >= 0.6 is 0 Å². The van der Waals surface area contributed by atoms with Gasteiger partial charge >= 0.3 is 0 Å². The zero-order valence-electron chi connectivity index (χ0n) is 13.1. The van der Waals surface area contributed by atoms with Gasteiger partial charge in [-0.2, -0.15) is 0 Å². The molecule has 3 nitrogen and oxygen atoms in total. The van der Waals surface area contributed by atoms with Crippen molar-refractivity contribution in [3.8, 4) is 11.5 Å². The second-order valence-corrected chi connectivity index (χ2v) is 6.11. The molecule has 0 saturated carbocycles. The summed E-state index contributed by atoms with van der Waals surface area (Å²) in [6, 6.07) is 6.71. The molecule has 1 aromatic rings.